The van der Waals surface area contributed by atoms with Crippen LogP contribution in [0.1, 0.15) is 11.6 Å². The summed E-state index contributed by atoms with van der Waals surface area (Å²) in [4.78, 5) is 8.60. The van der Waals surface area contributed by atoms with Crippen LogP contribution in [0.5, 0.6) is 11.5 Å². The van der Waals surface area contributed by atoms with E-state index in [9.17, 15) is 5.11 Å². The lowest BCUT2D eigenvalue weighted by Crippen LogP contribution is -2.16. The van der Waals surface area contributed by atoms with Gasteiger partial charge in [0.1, 0.15) is 12.1 Å². The SMILES string of the molecule is COc1cc2ncnc(NC(CO)c3ccccc3)c2cc1OC.Cl. The second-order valence-electron chi connectivity index (χ2n) is 5.24. The molecule has 0 saturated heterocycles. The van der Waals surface area contributed by atoms with E-state index in [1.807, 2.05) is 36.4 Å². The first kappa shape index (κ1) is 18.8. The van der Waals surface area contributed by atoms with E-state index in [4.69, 9.17) is 9.47 Å². The summed E-state index contributed by atoms with van der Waals surface area (Å²) in [6.07, 6.45) is 1.48. The highest BCUT2D eigenvalue weighted by atomic mass is 35.5. The van der Waals surface area contributed by atoms with Crippen LogP contribution >= 0.6 is 12.4 Å². The summed E-state index contributed by atoms with van der Waals surface area (Å²) in [5, 5.41) is 13.8. The molecule has 132 valence electrons. The second-order valence-corrected chi connectivity index (χ2v) is 5.24. The molecular weight excluding hydrogens is 342 g/mol. The van der Waals surface area contributed by atoms with Crippen molar-refractivity contribution in [1.29, 1.82) is 0 Å². The number of hydrogen-bond acceptors (Lipinski definition) is 6. The molecule has 7 heteroatoms. The van der Waals surface area contributed by atoms with Crippen molar-refractivity contribution in [3.05, 3.63) is 54.4 Å². The molecule has 2 N–H and O–H groups in total. The maximum Gasteiger partial charge on any atom is 0.162 e. The van der Waals surface area contributed by atoms with Crippen LogP contribution < -0.4 is 14.8 Å². The quantitative estimate of drug-likeness (QED) is 0.702. The zero-order valence-corrected chi connectivity index (χ0v) is 14.8. The summed E-state index contributed by atoms with van der Waals surface area (Å²) < 4.78 is 10.7. The minimum atomic E-state index is -0.266. The average Bonchev–Trinajstić information content (AvgIpc) is 2.65. The molecule has 0 saturated carbocycles. The monoisotopic (exact) mass is 361 g/mol. The van der Waals surface area contributed by atoms with Crippen molar-refractivity contribution in [2.75, 3.05) is 26.1 Å². The van der Waals surface area contributed by atoms with Gasteiger partial charge in [0.25, 0.3) is 0 Å². The maximum absolute atomic E-state index is 9.75. The molecule has 0 aliphatic carbocycles. The number of methoxy groups -OCH3 is 2. The highest BCUT2D eigenvalue weighted by molar-refractivity contribution is 5.91. The predicted octanol–water partition coefficient (Wildman–Crippen LogP) is 3.21. The molecule has 0 radical (unpaired) electrons. The number of hydrogen-bond donors (Lipinski definition) is 2. The Morgan fingerprint density at radius 1 is 1.04 bits per heavy atom. The second kappa shape index (κ2) is 8.50. The number of aliphatic hydroxyl groups excluding tert-OH is 1. The summed E-state index contributed by atoms with van der Waals surface area (Å²) in [6.45, 7) is -0.0528. The van der Waals surface area contributed by atoms with E-state index < -0.39 is 0 Å². The fourth-order valence-electron chi connectivity index (χ4n) is 2.58. The van der Waals surface area contributed by atoms with E-state index in [1.165, 1.54) is 6.33 Å². The van der Waals surface area contributed by atoms with Gasteiger partial charge in [0.2, 0.25) is 0 Å². The third-order valence-electron chi connectivity index (χ3n) is 3.84. The molecule has 0 spiro atoms. The molecular formula is C18H20ClN3O3. The van der Waals surface area contributed by atoms with Gasteiger partial charge in [-0.3, -0.25) is 0 Å². The van der Waals surface area contributed by atoms with Crippen LogP contribution in [0.15, 0.2) is 48.8 Å². The van der Waals surface area contributed by atoms with Crippen molar-refractivity contribution in [3.8, 4) is 11.5 Å². The summed E-state index contributed by atoms with van der Waals surface area (Å²) in [5.41, 5.74) is 1.71. The van der Waals surface area contributed by atoms with E-state index in [1.54, 1.807) is 20.3 Å². The van der Waals surface area contributed by atoms with Crippen molar-refractivity contribution in [1.82, 2.24) is 9.97 Å². The van der Waals surface area contributed by atoms with Gasteiger partial charge in [-0.05, 0) is 11.6 Å². The molecule has 1 unspecified atom stereocenters. The summed E-state index contributed by atoms with van der Waals surface area (Å²) in [5.74, 6) is 1.84. The minimum Gasteiger partial charge on any atom is -0.493 e. The molecule has 3 aromatic rings. The summed E-state index contributed by atoms with van der Waals surface area (Å²) >= 11 is 0. The van der Waals surface area contributed by atoms with E-state index in [2.05, 4.69) is 15.3 Å². The normalized spacial score (nSPS) is 11.5. The molecule has 6 nitrogen and oxygen atoms in total. The highest BCUT2D eigenvalue weighted by Crippen LogP contribution is 2.34. The highest BCUT2D eigenvalue weighted by Gasteiger charge is 2.15. The maximum atomic E-state index is 9.75. The van der Waals surface area contributed by atoms with Crippen molar-refractivity contribution < 1.29 is 14.6 Å². The molecule has 0 aliphatic heterocycles. The van der Waals surface area contributed by atoms with Crippen LogP contribution in [0.25, 0.3) is 10.9 Å². The largest absolute Gasteiger partial charge is 0.493 e. The molecule has 1 aromatic heterocycles. The molecule has 1 atom stereocenters. The summed E-state index contributed by atoms with van der Waals surface area (Å²) in [6, 6.07) is 13.1. The van der Waals surface area contributed by atoms with Gasteiger partial charge in [0, 0.05) is 11.5 Å². The molecule has 0 fully saturated rings. The predicted molar refractivity (Wildman–Crippen MR) is 99.8 cm³/mol. The van der Waals surface area contributed by atoms with Gasteiger partial charge in [0.05, 0.1) is 32.4 Å². The van der Waals surface area contributed by atoms with Gasteiger partial charge in [-0.25, -0.2) is 9.97 Å². The lowest BCUT2D eigenvalue weighted by atomic mass is 10.1. The zero-order valence-electron chi connectivity index (χ0n) is 14.0. The molecule has 1 heterocycles. The van der Waals surface area contributed by atoms with Crippen molar-refractivity contribution >= 4 is 29.1 Å². The Balaban J connectivity index is 0.00000225. The molecule has 3 rings (SSSR count). The molecule has 0 aliphatic rings. The number of nitrogens with zero attached hydrogens (tertiary/aromatic N) is 2. The lowest BCUT2D eigenvalue weighted by Gasteiger charge is -2.19. The van der Waals surface area contributed by atoms with Crippen molar-refractivity contribution in [3.63, 3.8) is 0 Å². The van der Waals surface area contributed by atoms with Crippen molar-refractivity contribution in [2.24, 2.45) is 0 Å². The van der Waals surface area contributed by atoms with E-state index in [0.717, 1.165) is 16.5 Å². The topological polar surface area (TPSA) is 76.5 Å². The van der Waals surface area contributed by atoms with Gasteiger partial charge in [-0.1, -0.05) is 30.3 Å². The van der Waals surface area contributed by atoms with Gasteiger partial charge in [-0.2, -0.15) is 0 Å². The number of fused-ring (bicyclic) bond motifs is 1. The van der Waals surface area contributed by atoms with Crippen LogP contribution in [0.4, 0.5) is 5.82 Å². The third-order valence-corrected chi connectivity index (χ3v) is 3.84. The van der Waals surface area contributed by atoms with Crippen LogP contribution in [0.2, 0.25) is 0 Å². The van der Waals surface area contributed by atoms with E-state index in [0.29, 0.717) is 17.3 Å². The Bertz CT molecular complexity index is 830. The number of benzene rings is 2. The smallest absolute Gasteiger partial charge is 0.162 e. The summed E-state index contributed by atoms with van der Waals surface area (Å²) in [7, 11) is 3.17. The Kier molecular flexibility index (Phi) is 6.38. The number of rotatable bonds is 6. The Morgan fingerprint density at radius 2 is 1.72 bits per heavy atom. The minimum absolute atomic E-state index is 0. The zero-order chi connectivity index (χ0) is 16.9. The van der Waals surface area contributed by atoms with Crippen LogP contribution in [0.3, 0.4) is 0 Å². The molecule has 25 heavy (non-hydrogen) atoms. The first-order valence-corrected chi connectivity index (χ1v) is 7.56. The van der Waals surface area contributed by atoms with Gasteiger partial charge < -0.3 is 19.9 Å². The van der Waals surface area contributed by atoms with Crippen LogP contribution in [0, 0.1) is 0 Å². The number of aliphatic hydroxyl groups is 1. The van der Waals surface area contributed by atoms with Gasteiger partial charge in [-0.15, -0.1) is 12.4 Å². The standard InChI is InChI=1S/C18H19N3O3.ClH/c1-23-16-8-13-14(9-17(16)24-2)19-11-20-18(13)21-15(10-22)12-6-4-3-5-7-12;/h3-9,11,15,22H,10H2,1-2H3,(H,19,20,21);1H. The number of anilines is 1. The number of nitrogens with one attached hydrogen (secondary N) is 1. The van der Waals surface area contributed by atoms with Crippen LogP contribution in [-0.4, -0.2) is 35.9 Å². The first-order valence-electron chi connectivity index (χ1n) is 7.56. The third kappa shape index (κ3) is 3.92. The Morgan fingerprint density at radius 3 is 2.36 bits per heavy atom. The van der Waals surface area contributed by atoms with E-state index >= 15 is 0 Å². The number of ether oxygens (including phenoxy) is 2. The molecule has 0 amide bonds. The van der Waals surface area contributed by atoms with E-state index in [-0.39, 0.29) is 25.1 Å². The number of aromatic nitrogens is 2. The van der Waals surface area contributed by atoms with Crippen molar-refractivity contribution in [2.45, 2.75) is 6.04 Å². The lowest BCUT2D eigenvalue weighted by molar-refractivity contribution is 0.276. The number of halogens is 1. The first-order chi connectivity index (χ1) is 11.8. The van der Waals surface area contributed by atoms with Gasteiger partial charge in [0.15, 0.2) is 11.5 Å². The Labute approximate surface area is 152 Å². The molecule has 0 bridgehead atoms. The average molecular weight is 362 g/mol. The van der Waals surface area contributed by atoms with Gasteiger partial charge >= 0.3 is 0 Å². The molecule has 2 aromatic carbocycles. The Hall–Kier alpha value is -2.57. The fourth-order valence-corrected chi connectivity index (χ4v) is 2.58. The fraction of sp³-hybridized carbons (Fsp3) is 0.222. The van der Waals surface area contributed by atoms with Crippen LogP contribution in [-0.2, 0) is 0 Å².